The Hall–Kier alpha value is -5.63. The number of fused-ring (bicyclic) bond motifs is 8. The van der Waals surface area contributed by atoms with Crippen LogP contribution < -0.4 is 0 Å². The molecule has 5 aromatic heterocycles. The summed E-state index contributed by atoms with van der Waals surface area (Å²) in [7, 11) is 0. The van der Waals surface area contributed by atoms with Gasteiger partial charge in [0.2, 0.25) is 0 Å². The largest absolute Gasteiger partial charge is 0.463 e. The van der Waals surface area contributed by atoms with E-state index in [0.29, 0.717) is 12.2 Å². The number of pyridine rings is 2. The molecule has 0 radical (unpaired) electrons. The van der Waals surface area contributed by atoms with Gasteiger partial charge in [-0.25, -0.2) is 9.78 Å². The summed E-state index contributed by atoms with van der Waals surface area (Å²) in [5, 5.41) is 0. The Labute approximate surface area is 374 Å². The van der Waals surface area contributed by atoms with Crippen molar-refractivity contribution in [1.82, 2.24) is 29.9 Å². The molecule has 2 N–H and O–H groups in total. The molecule has 5 aromatic rings. The molecular formula is C55H66N6O2. The monoisotopic (exact) mass is 843 g/mol. The minimum absolute atomic E-state index is 0.150. The number of nitrogens with one attached hydrogen (secondary N) is 2. The maximum Gasteiger partial charge on any atom is 0.335 e. The average molecular weight is 843 g/mol. The molecule has 2 atom stereocenters. The molecule has 0 spiro atoms. The molecule has 63 heavy (non-hydrogen) atoms. The van der Waals surface area contributed by atoms with E-state index in [0.717, 1.165) is 150 Å². The lowest BCUT2D eigenvalue weighted by Crippen LogP contribution is -2.34. The van der Waals surface area contributed by atoms with Crippen molar-refractivity contribution in [2.45, 2.75) is 151 Å². The number of rotatable bonds is 16. The second-order valence-corrected chi connectivity index (χ2v) is 18.0. The van der Waals surface area contributed by atoms with E-state index < -0.39 is 5.41 Å². The molecule has 0 saturated carbocycles. The van der Waals surface area contributed by atoms with Crippen molar-refractivity contribution in [2.24, 2.45) is 0 Å². The van der Waals surface area contributed by atoms with Crippen LogP contribution in [0.2, 0.25) is 0 Å². The number of aryl methyl sites for hydroxylation is 4. The zero-order valence-electron chi connectivity index (χ0n) is 39.1. The minimum atomic E-state index is -0.703. The Bertz CT molecular complexity index is 2760. The first-order valence-corrected chi connectivity index (χ1v) is 23.9. The summed E-state index contributed by atoms with van der Waals surface area (Å²) in [5.74, 6) is -0.418. The van der Waals surface area contributed by atoms with Crippen LogP contribution in [0.4, 0.5) is 0 Å². The number of carbonyl (C=O) groups is 1. The number of aromatic nitrogens is 6. The molecule has 0 saturated heterocycles. The molecule has 3 aliphatic rings. The fourth-order valence-electron chi connectivity index (χ4n) is 10.7. The van der Waals surface area contributed by atoms with E-state index in [1.54, 1.807) is 0 Å². The van der Waals surface area contributed by atoms with E-state index in [-0.39, 0.29) is 11.9 Å². The van der Waals surface area contributed by atoms with Crippen molar-refractivity contribution < 1.29 is 9.53 Å². The van der Waals surface area contributed by atoms with Crippen molar-refractivity contribution in [3.63, 3.8) is 0 Å². The van der Waals surface area contributed by atoms with Crippen molar-refractivity contribution in [3.05, 3.63) is 111 Å². The van der Waals surface area contributed by atoms with Crippen LogP contribution >= 0.6 is 0 Å². The van der Waals surface area contributed by atoms with Crippen LogP contribution in [0, 0.1) is 13.8 Å². The maximum absolute atomic E-state index is 14.6. The normalized spacial score (nSPS) is 16.8. The van der Waals surface area contributed by atoms with Gasteiger partial charge >= 0.3 is 5.97 Å². The molecular weight excluding hydrogens is 777 g/mol. The van der Waals surface area contributed by atoms with E-state index in [1.807, 2.05) is 31.7 Å². The van der Waals surface area contributed by atoms with E-state index in [4.69, 9.17) is 14.7 Å². The predicted molar refractivity (Wildman–Crippen MR) is 260 cm³/mol. The van der Waals surface area contributed by atoms with Gasteiger partial charge < -0.3 is 14.7 Å². The molecule has 0 aromatic carbocycles. The van der Waals surface area contributed by atoms with Gasteiger partial charge in [-0.05, 0) is 154 Å². The lowest BCUT2D eigenvalue weighted by atomic mass is 9.67. The number of allylic oxidation sites excluding steroid dienone is 2. The molecule has 2 aliphatic heterocycles. The van der Waals surface area contributed by atoms with E-state index >= 15 is 0 Å². The highest BCUT2D eigenvalue weighted by Crippen LogP contribution is 2.59. The lowest BCUT2D eigenvalue weighted by molar-refractivity contribution is -0.139. The summed E-state index contributed by atoms with van der Waals surface area (Å²) in [5.41, 5.74) is 20.9. The molecule has 8 bridgehead atoms. The van der Waals surface area contributed by atoms with Crippen LogP contribution in [0.5, 0.6) is 0 Å². The van der Waals surface area contributed by atoms with Gasteiger partial charge in [0.05, 0.1) is 51.4 Å². The molecule has 328 valence electrons. The third kappa shape index (κ3) is 7.57. The van der Waals surface area contributed by atoms with E-state index in [1.165, 1.54) is 33.4 Å². The van der Waals surface area contributed by atoms with Crippen LogP contribution in [0.25, 0.3) is 61.5 Å². The van der Waals surface area contributed by atoms with Gasteiger partial charge in [-0.2, -0.15) is 0 Å². The van der Waals surface area contributed by atoms with Crippen molar-refractivity contribution in [1.29, 1.82) is 0 Å². The number of hydrogen-bond donors (Lipinski definition) is 2. The van der Waals surface area contributed by atoms with Gasteiger partial charge in [-0.1, -0.05) is 66.7 Å². The van der Waals surface area contributed by atoms with Gasteiger partial charge in [-0.3, -0.25) is 15.0 Å². The number of hydrogen-bond acceptors (Lipinski definition) is 6. The highest BCUT2D eigenvalue weighted by Gasteiger charge is 2.55. The number of esters is 1. The summed E-state index contributed by atoms with van der Waals surface area (Å²) in [4.78, 5) is 43.4. The third-order valence-electron chi connectivity index (χ3n) is 14.2. The van der Waals surface area contributed by atoms with Gasteiger partial charge in [0.1, 0.15) is 0 Å². The van der Waals surface area contributed by atoms with Gasteiger partial charge in [0.25, 0.3) is 0 Å². The molecule has 0 amide bonds. The lowest BCUT2D eigenvalue weighted by Gasteiger charge is -2.33. The van der Waals surface area contributed by atoms with Gasteiger partial charge in [0, 0.05) is 58.4 Å². The average Bonchev–Trinajstić information content (AvgIpc) is 4.05. The number of nitrogens with zero attached hydrogens (tertiary/aromatic N) is 4. The van der Waals surface area contributed by atoms with Crippen LogP contribution in [0.3, 0.4) is 0 Å². The molecule has 8 nitrogen and oxygen atoms in total. The topological polar surface area (TPSA) is 109 Å². The SMILES string of the molecule is CCCCC1=C(C)c2nc1c1c3nc(c(-c4ccncc4)c4[nH]c(cc5[nH]c(c(C)c5CCCC)c2-c2ccncc2)c(CCCC)c4C)[C@H](C)[C@@]3(CCCC)C(C(=O)OCC)=C1. The quantitative estimate of drug-likeness (QED) is 0.0958. The Balaban J connectivity index is 1.68. The Kier molecular flexibility index (Phi) is 13.0. The second-order valence-electron chi connectivity index (χ2n) is 18.0. The van der Waals surface area contributed by atoms with Gasteiger partial charge in [0.15, 0.2) is 0 Å². The summed E-state index contributed by atoms with van der Waals surface area (Å²) in [6.45, 7) is 20.3. The summed E-state index contributed by atoms with van der Waals surface area (Å²) < 4.78 is 6.00. The molecule has 7 heterocycles. The smallest absolute Gasteiger partial charge is 0.335 e. The van der Waals surface area contributed by atoms with Gasteiger partial charge in [-0.15, -0.1) is 0 Å². The standard InChI is InChI=1S/C55H66N6O2/c1-10-15-19-39-33(6)48-46(37-22-27-56-28-23-37)50-35(8)41(21-17-12-3)52(60-50)42-31-43(54(62)63-14-5)55(26-18-13-4)36(9)51(61-53(42)55)47(38-24-29-57-30-25-38)49-34(7)40(20-16-11-2)45(59-49)32-44(39)58-48/h22-25,27-32,36,58-59H,10-21,26H2,1-9H3/t36-,55-/m0/s1. The molecule has 1 aliphatic carbocycles. The molecule has 0 unspecified atom stereocenters. The first-order valence-electron chi connectivity index (χ1n) is 23.9. The minimum Gasteiger partial charge on any atom is -0.463 e. The van der Waals surface area contributed by atoms with E-state index in [9.17, 15) is 4.79 Å². The molecule has 8 rings (SSSR count). The number of H-pyrrole nitrogens is 2. The maximum atomic E-state index is 14.6. The zero-order valence-corrected chi connectivity index (χ0v) is 39.1. The van der Waals surface area contributed by atoms with Crippen molar-refractivity contribution >= 4 is 45.3 Å². The predicted octanol–water partition coefficient (Wildman–Crippen LogP) is 14.1. The number of ether oxygens (including phenoxy) is 1. The van der Waals surface area contributed by atoms with E-state index in [2.05, 4.69) is 112 Å². The zero-order chi connectivity index (χ0) is 44.4. The van der Waals surface area contributed by atoms with Crippen LogP contribution in [-0.2, 0) is 27.8 Å². The summed E-state index contributed by atoms with van der Waals surface area (Å²) in [6.07, 6.45) is 21.5. The first kappa shape index (κ1) is 44.0. The van der Waals surface area contributed by atoms with Crippen molar-refractivity contribution in [2.75, 3.05) is 6.61 Å². The highest BCUT2D eigenvalue weighted by molar-refractivity contribution is 6.06. The molecule has 0 fully saturated rings. The number of aromatic amines is 2. The Morgan fingerprint density at radius 3 is 1.79 bits per heavy atom. The van der Waals surface area contributed by atoms with Crippen LogP contribution in [-0.4, -0.2) is 42.5 Å². The van der Waals surface area contributed by atoms with Crippen LogP contribution in [0.1, 0.15) is 169 Å². The molecule has 8 heteroatoms. The van der Waals surface area contributed by atoms with Crippen LogP contribution in [0.15, 0.2) is 60.7 Å². The summed E-state index contributed by atoms with van der Waals surface area (Å²) in [6, 6.07) is 10.8. The second kappa shape index (κ2) is 18.6. The fraction of sp³-hybridized carbons (Fsp3) is 0.436. The summed E-state index contributed by atoms with van der Waals surface area (Å²) >= 11 is 0. The fourth-order valence-corrected chi connectivity index (χ4v) is 10.7. The third-order valence-corrected chi connectivity index (χ3v) is 14.2. The van der Waals surface area contributed by atoms with Crippen molar-refractivity contribution in [3.8, 4) is 22.3 Å². The number of carbonyl (C=O) groups excluding carboxylic acids is 1. The highest BCUT2D eigenvalue weighted by atomic mass is 16.5. The Morgan fingerprint density at radius 1 is 0.698 bits per heavy atom. The first-order chi connectivity index (χ1) is 30.6. The number of unbranched alkanes of at least 4 members (excludes halogenated alkanes) is 4. The Morgan fingerprint density at radius 2 is 1.24 bits per heavy atom.